The van der Waals surface area contributed by atoms with Crippen molar-refractivity contribution in [3.63, 3.8) is 0 Å². The quantitative estimate of drug-likeness (QED) is 0.764. The van der Waals surface area contributed by atoms with Crippen molar-refractivity contribution in [1.29, 1.82) is 0 Å². The molecule has 0 amide bonds. The molecule has 1 atom stereocenters. The smallest absolute Gasteiger partial charge is 0.0138 e. The van der Waals surface area contributed by atoms with E-state index in [1.54, 1.807) is 0 Å². The number of piperidine rings is 1. The Bertz CT molecular complexity index is 386. The number of likely N-dealkylation sites (tertiary alicyclic amines) is 1. The summed E-state index contributed by atoms with van der Waals surface area (Å²) in [5.41, 5.74) is 1.27. The Labute approximate surface area is 123 Å². The molecule has 0 radical (unpaired) electrons. The second-order valence-corrected chi connectivity index (χ2v) is 5.75. The van der Waals surface area contributed by atoms with Crippen LogP contribution in [-0.4, -0.2) is 37.1 Å². The molecule has 1 aromatic carbocycles. The van der Waals surface area contributed by atoms with E-state index in [0.717, 1.165) is 19.1 Å². The first-order valence-corrected chi connectivity index (χ1v) is 8.02. The van der Waals surface area contributed by atoms with E-state index in [4.69, 9.17) is 0 Å². The Hall–Kier alpha value is -1.12. The largest absolute Gasteiger partial charge is 0.313 e. The van der Waals surface area contributed by atoms with Gasteiger partial charge in [-0.15, -0.1) is 0 Å². The van der Waals surface area contributed by atoms with E-state index in [-0.39, 0.29) is 0 Å². The van der Waals surface area contributed by atoms with Gasteiger partial charge in [0.1, 0.15) is 0 Å². The van der Waals surface area contributed by atoms with Crippen molar-refractivity contribution in [2.45, 2.75) is 38.6 Å². The van der Waals surface area contributed by atoms with Gasteiger partial charge in [-0.3, -0.25) is 0 Å². The van der Waals surface area contributed by atoms with Gasteiger partial charge >= 0.3 is 0 Å². The van der Waals surface area contributed by atoms with E-state index >= 15 is 0 Å². The van der Waals surface area contributed by atoms with Gasteiger partial charge in [0.15, 0.2) is 0 Å². The fourth-order valence-electron chi connectivity index (χ4n) is 2.84. The summed E-state index contributed by atoms with van der Waals surface area (Å²) in [6.45, 7) is 6.99. The third-order valence-electron chi connectivity index (χ3n) is 4.11. The molecule has 1 aliphatic heterocycles. The maximum absolute atomic E-state index is 3.50. The van der Waals surface area contributed by atoms with Crippen LogP contribution < -0.4 is 5.32 Å². The molecule has 1 aliphatic rings. The molecule has 1 saturated heterocycles. The molecule has 2 heteroatoms. The van der Waals surface area contributed by atoms with Crippen molar-refractivity contribution in [3.8, 4) is 0 Å². The number of nitrogens with one attached hydrogen (secondary N) is 1. The summed E-state index contributed by atoms with van der Waals surface area (Å²) < 4.78 is 0. The van der Waals surface area contributed by atoms with Gasteiger partial charge in [0, 0.05) is 12.6 Å². The molecule has 20 heavy (non-hydrogen) atoms. The Morgan fingerprint density at radius 1 is 1.25 bits per heavy atom. The van der Waals surface area contributed by atoms with E-state index in [1.807, 2.05) is 0 Å². The van der Waals surface area contributed by atoms with Crippen LogP contribution in [0, 0.1) is 0 Å². The van der Waals surface area contributed by atoms with Crippen molar-refractivity contribution in [2.75, 3.05) is 26.2 Å². The standard InChI is InChI=1S/C18H28N2/c1-17-9-5-6-15-20(17)16-8-14-19-13-7-12-18-10-3-2-4-11-18/h2-4,7,10-12,17,19H,5-6,8-9,13-16H2,1H3. The van der Waals surface area contributed by atoms with Gasteiger partial charge in [0.05, 0.1) is 0 Å². The fraction of sp³-hybridized carbons (Fsp3) is 0.556. The molecule has 1 heterocycles. The molecular weight excluding hydrogens is 244 g/mol. The number of nitrogens with zero attached hydrogens (tertiary/aromatic N) is 1. The molecule has 0 bridgehead atoms. The lowest BCUT2D eigenvalue weighted by molar-refractivity contribution is 0.159. The third kappa shape index (κ3) is 5.48. The van der Waals surface area contributed by atoms with Crippen molar-refractivity contribution in [3.05, 3.63) is 42.0 Å². The molecule has 0 aliphatic carbocycles. The zero-order valence-corrected chi connectivity index (χ0v) is 12.7. The molecule has 0 saturated carbocycles. The highest BCUT2D eigenvalue weighted by atomic mass is 15.2. The van der Waals surface area contributed by atoms with E-state index in [2.05, 4.69) is 59.6 Å². The third-order valence-corrected chi connectivity index (χ3v) is 4.11. The monoisotopic (exact) mass is 272 g/mol. The summed E-state index contributed by atoms with van der Waals surface area (Å²) in [6.07, 6.45) is 9.83. The van der Waals surface area contributed by atoms with E-state index in [0.29, 0.717) is 0 Å². The van der Waals surface area contributed by atoms with Gasteiger partial charge in [-0.25, -0.2) is 0 Å². The zero-order chi connectivity index (χ0) is 14.0. The van der Waals surface area contributed by atoms with Crippen molar-refractivity contribution in [1.82, 2.24) is 10.2 Å². The molecule has 1 N–H and O–H groups in total. The number of hydrogen-bond donors (Lipinski definition) is 1. The molecule has 2 rings (SSSR count). The van der Waals surface area contributed by atoms with E-state index in [1.165, 1.54) is 44.3 Å². The highest BCUT2D eigenvalue weighted by Crippen LogP contribution is 2.15. The van der Waals surface area contributed by atoms with Crippen LogP contribution in [0.4, 0.5) is 0 Å². The summed E-state index contributed by atoms with van der Waals surface area (Å²) >= 11 is 0. The van der Waals surface area contributed by atoms with Crippen LogP contribution in [0.1, 0.15) is 38.2 Å². The second kappa shape index (κ2) is 8.93. The minimum Gasteiger partial charge on any atom is -0.313 e. The Balaban J connectivity index is 1.52. The van der Waals surface area contributed by atoms with Gasteiger partial charge in [0.25, 0.3) is 0 Å². The lowest BCUT2D eigenvalue weighted by atomic mass is 10.0. The van der Waals surface area contributed by atoms with Crippen molar-refractivity contribution < 1.29 is 0 Å². The topological polar surface area (TPSA) is 15.3 Å². The molecule has 0 aromatic heterocycles. The lowest BCUT2D eigenvalue weighted by Gasteiger charge is -2.33. The SMILES string of the molecule is CC1CCCCN1CCCNCC=Cc1ccccc1. The summed E-state index contributed by atoms with van der Waals surface area (Å²) in [5, 5.41) is 3.50. The van der Waals surface area contributed by atoms with E-state index in [9.17, 15) is 0 Å². The molecule has 110 valence electrons. The predicted molar refractivity (Wildman–Crippen MR) is 87.8 cm³/mol. The molecule has 1 fully saturated rings. The number of rotatable bonds is 7. The maximum atomic E-state index is 3.50. The van der Waals surface area contributed by atoms with Gasteiger partial charge in [-0.2, -0.15) is 0 Å². The minimum absolute atomic E-state index is 0.793. The molecular formula is C18H28N2. The number of benzene rings is 1. The fourth-order valence-corrected chi connectivity index (χ4v) is 2.84. The molecule has 1 unspecified atom stereocenters. The first kappa shape index (κ1) is 15.3. The average molecular weight is 272 g/mol. The van der Waals surface area contributed by atoms with Crippen LogP contribution in [0.25, 0.3) is 6.08 Å². The van der Waals surface area contributed by atoms with Crippen LogP contribution in [0.5, 0.6) is 0 Å². The first-order chi connectivity index (χ1) is 9.86. The van der Waals surface area contributed by atoms with Gasteiger partial charge in [-0.1, -0.05) is 48.9 Å². The lowest BCUT2D eigenvalue weighted by Crippen LogP contribution is -2.38. The Kier molecular flexibility index (Phi) is 6.82. The normalized spacial score (nSPS) is 20.6. The van der Waals surface area contributed by atoms with Crippen LogP contribution in [0.15, 0.2) is 36.4 Å². The highest BCUT2D eigenvalue weighted by Gasteiger charge is 2.16. The Morgan fingerprint density at radius 2 is 2.10 bits per heavy atom. The van der Waals surface area contributed by atoms with Gasteiger partial charge in [-0.05, 0) is 51.4 Å². The second-order valence-electron chi connectivity index (χ2n) is 5.75. The summed E-state index contributed by atoms with van der Waals surface area (Å²) in [6, 6.07) is 11.3. The van der Waals surface area contributed by atoms with Gasteiger partial charge < -0.3 is 10.2 Å². The van der Waals surface area contributed by atoms with E-state index < -0.39 is 0 Å². The predicted octanol–water partition coefficient (Wildman–Crippen LogP) is 3.55. The van der Waals surface area contributed by atoms with Crippen LogP contribution >= 0.6 is 0 Å². The van der Waals surface area contributed by atoms with Crippen molar-refractivity contribution >= 4 is 6.08 Å². The van der Waals surface area contributed by atoms with Crippen molar-refractivity contribution in [2.24, 2.45) is 0 Å². The molecule has 2 nitrogen and oxygen atoms in total. The van der Waals surface area contributed by atoms with Crippen LogP contribution in [-0.2, 0) is 0 Å². The van der Waals surface area contributed by atoms with Crippen LogP contribution in [0.2, 0.25) is 0 Å². The Morgan fingerprint density at radius 3 is 2.90 bits per heavy atom. The summed E-state index contributed by atoms with van der Waals surface area (Å²) in [4.78, 5) is 2.64. The minimum atomic E-state index is 0.793. The molecule has 0 spiro atoms. The first-order valence-electron chi connectivity index (χ1n) is 8.02. The average Bonchev–Trinajstić information content (AvgIpc) is 2.49. The highest BCUT2D eigenvalue weighted by molar-refractivity contribution is 5.48. The summed E-state index contributed by atoms with van der Waals surface area (Å²) in [7, 11) is 0. The van der Waals surface area contributed by atoms with Gasteiger partial charge in [0.2, 0.25) is 0 Å². The maximum Gasteiger partial charge on any atom is 0.0138 e. The zero-order valence-electron chi connectivity index (χ0n) is 12.7. The van der Waals surface area contributed by atoms with Crippen LogP contribution in [0.3, 0.4) is 0 Å². The number of hydrogen-bond acceptors (Lipinski definition) is 2. The molecule has 1 aromatic rings. The summed E-state index contributed by atoms with van der Waals surface area (Å²) in [5.74, 6) is 0.